The molecule has 0 spiro atoms. The average molecular weight is 382 g/mol. The third kappa shape index (κ3) is 4.70. The van der Waals surface area contributed by atoms with Crippen LogP contribution in [0.25, 0.3) is 0 Å². The van der Waals surface area contributed by atoms with E-state index in [4.69, 9.17) is 20.9 Å². The first kappa shape index (κ1) is 19.0. The molecule has 3 aromatic rings. The molecular formula is C21H20ClN3O2. The van der Waals surface area contributed by atoms with E-state index in [1.807, 2.05) is 68.4 Å². The number of halogens is 1. The van der Waals surface area contributed by atoms with E-state index >= 15 is 0 Å². The maximum atomic E-state index is 5.92. The molecule has 0 aliphatic heterocycles. The smallest absolute Gasteiger partial charge is 0.170 e. The Morgan fingerprint density at radius 3 is 2.59 bits per heavy atom. The van der Waals surface area contributed by atoms with Crippen LogP contribution in [0.2, 0.25) is 5.02 Å². The highest BCUT2D eigenvalue weighted by molar-refractivity contribution is 6.30. The Morgan fingerprint density at radius 2 is 1.93 bits per heavy atom. The highest BCUT2D eigenvalue weighted by Gasteiger charge is 2.20. The number of hydrogen-bond donors (Lipinski definition) is 0. The summed E-state index contributed by atoms with van der Waals surface area (Å²) in [6, 6.07) is 17.2. The zero-order valence-corrected chi connectivity index (χ0v) is 16.1. The fraction of sp³-hybridized carbons (Fsp3) is 0.190. The second-order valence-electron chi connectivity index (χ2n) is 6.05. The van der Waals surface area contributed by atoms with Crippen LogP contribution in [0.1, 0.15) is 41.2 Å². The van der Waals surface area contributed by atoms with E-state index in [9.17, 15) is 0 Å². The van der Waals surface area contributed by atoms with Crippen molar-refractivity contribution in [1.82, 2.24) is 5.16 Å². The number of methoxy groups -OCH3 is 1. The summed E-state index contributed by atoms with van der Waals surface area (Å²) in [6.07, 6.45) is 1.35. The Hall–Kier alpha value is -2.76. The lowest BCUT2D eigenvalue weighted by atomic mass is 10.0. The first-order chi connectivity index (χ1) is 13.1. The number of benzene rings is 2. The molecule has 0 saturated carbocycles. The number of aryl methyl sites for hydroxylation is 1. The third-order valence-corrected chi connectivity index (χ3v) is 4.34. The summed E-state index contributed by atoms with van der Waals surface area (Å²) in [5.41, 5.74) is 4.40. The molecule has 1 unspecified atom stereocenters. The van der Waals surface area contributed by atoms with Crippen molar-refractivity contribution in [2.75, 3.05) is 7.11 Å². The van der Waals surface area contributed by atoms with E-state index < -0.39 is 0 Å². The second-order valence-corrected chi connectivity index (χ2v) is 6.49. The number of rotatable bonds is 6. The number of hydrogen-bond acceptors (Lipinski definition) is 5. The molecule has 0 fully saturated rings. The zero-order valence-electron chi connectivity index (χ0n) is 15.4. The molecule has 6 heteroatoms. The lowest BCUT2D eigenvalue weighted by Crippen LogP contribution is -2.06. The topological polar surface area (TPSA) is 60.0 Å². The van der Waals surface area contributed by atoms with Crippen LogP contribution in [0.3, 0.4) is 0 Å². The van der Waals surface area contributed by atoms with Gasteiger partial charge in [-0.15, -0.1) is 0 Å². The van der Waals surface area contributed by atoms with Gasteiger partial charge in [0.15, 0.2) is 5.76 Å². The molecule has 3 rings (SSSR count). The summed E-state index contributed by atoms with van der Waals surface area (Å²) in [4.78, 5) is 0. The summed E-state index contributed by atoms with van der Waals surface area (Å²) in [5.74, 6) is 0.650. The quantitative estimate of drug-likeness (QED) is 0.434. The van der Waals surface area contributed by atoms with Crippen LogP contribution in [0.4, 0.5) is 0 Å². The van der Waals surface area contributed by atoms with Gasteiger partial charge in [0, 0.05) is 23.8 Å². The summed E-state index contributed by atoms with van der Waals surface area (Å²) in [5, 5.41) is 13.2. The van der Waals surface area contributed by atoms with Crippen molar-refractivity contribution in [3.63, 3.8) is 0 Å². The predicted octanol–water partition coefficient (Wildman–Crippen LogP) is 5.22. The van der Waals surface area contributed by atoms with Crippen LogP contribution in [0.15, 0.2) is 69.3 Å². The van der Waals surface area contributed by atoms with E-state index in [1.54, 1.807) is 13.3 Å². The molecule has 0 aliphatic carbocycles. The lowest BCUT2D eigenvalue weighted by molar-refractivity contribution is 0.109. The van der Waals surface area contributed by atoms with Gasteiger partial charge >= 0.3 is 0 Å². The Balaban J connectivity index is 1.86. The van der Waals surface area contributed by atoms with Gasteiger partial charge in [-0.2, -0.15) is 10.2 Å². The Bertz CT molecular complexity index is 962. The van der Waals surface area contributed by atoms with Gasteiger partial charge in [-0.1, -0.05) is 53.2 Å². The molecule has 1 heterocycles. The Morgan fingerprint density at radius 1 is 1.19 bits per heavy atom. The maximum Gasteiger partial charge on any atom is 0.170 e. The van der Waals surface area contributed by atoms with Crippen molar-refractivity contribution in [1.29, 1.82) is 0 Å². The van der Waals surface area contributed by atoms with Crippen molar-refractivity contribution >= 4 is 23.5 Å². The highest BCUT2D eigenvalue weighted by atomic mass is 35.5. The molecule has 0 N–H and O–H groups in total. The standard InChI is InChI=1S/C21H20ClN3O2/c1-14-12-20(27-25-14)21(26-3)19-7-5-4-6-17(19)13-23-24-15(2)16-8-10-18(22)11-9-16/h4-13,21H,1-3H3/b23-13+,24-15+. The molecular weight excluding hydrogens is 362 g/mol. The monoisotopic (exact) mass is 381 g/mol. The van der Waals surface area contributed by atoms with Crippen molar-refractivity contribution in [2.45, 2.75) is 20.0 Å². The van der Waals surface area contributed by atoms with Crippen LogP contribution in [-0.2, 0) is 4.74 Å². The maximum absolute atomic E-state index is 5.92. The predicted molar refractivity (Wildman–Crippen MR) is 108 cm³/mol. The molecule has 5 nitrogen and oxygen atoms in total. The van der Waals surface area contributed by atoms with Crippen LogP contribution >= 0.6 is 11.6 Å². The molecule has 0 aliphatic rings. The molecule has 0 saturated heterocycles. The fourth-order valence-electron chi connectivity index (χ4n) is 2.70. The largest absolute Gasteiger partial charge is 0.369 e. The summed E-state index contributed by atoms with van der Waals surface area (Å²) in [6.45, 7) is 3.78. The minimum Gasteiger partial charge on any atom is -0.369 e. The Kier molecular flexibility index (Phi) is 6.16. The van der Waals surface area contributed by atoms with Gasteiger partial charge in [0.2, 0.25) is 0 Å². The normalized spacial score (nSPS) is 13.3. The molecule has 0 radical (unpaired) electrons. The number of aromatic nitrogens is 1. The summed E-state index contributed by atoms with van der Waals surface area (Å²) >= 11 is 5.92. The number of nitrogens with zero attached hydrogens (tertiary/aromatic N) is 3. The minimum absolute atomic E-state index is 0.366. The molecule has 138 valence electrons. The van der Waals surface area contributed by atoms with Crippen molar-refractivity contribution in [2.24, 2.45) is 10.2 Å². The summed E-state index contributed by atoms with van der Waals surface area (Å²) in [7, 11) is 1.64. The first-order valence-corrected chi connectivity index (χ1v) is 8.85. The second kappa shape index (κ2) is 8.75. The van der Waals surface area contributed by atoms with E-state index in [-0.39, 0.29) is 6.10 Å². The van der Waals surface area contributed by atoms with Gasteiger partial charge in [0.1, 0.15) is 6.10 Å². The lowest BCUT2D eigenvalue weighted by Gasteiger charge is -2.14. The van der Waals surface area contributed by atoms with Crippen molar-refractivity contribution in [3.8, 4) is 0 Å². The van der Waals surface area contributed by atoms with Gasteiger partial charge in [-0.05, 0) is 37.1 Å². The van der Waals surface area contributed by atoms with Crippen LogP contribution in [-0.4, -0.2) is 24.2 Å². The van der Waals surface area contributed by atoms with E-state index in [2.05, 4.69) is 15.4 Å². The first-order valence-electron chi connectivity index (χ1n) is 8.47. The minimum atomic E-state index is -0.366. The molecule has 0 amide bonds. The average Bonchev–Trinajstić information content (AvgIpc) is 3.10. The zero-order chi connectivity index (χ0) is 19.2. The molecule has 1 aromatic heterocycles. The SMILES string of the molecule is COC(c1cc(C)no1)c1ccccc1/C=N/N=C(\C)c1ccc(Cl)cc1. The van der Waals surface area contributed by atoms with Gasteiger partial charge in [-0.25, -0.2) is 0 Å². The van der Waals surface area contributed by atoms with Gasteiger partial charge in [-0.3, -0.25) is 0 Å². The van der Waals surface area contributed by atoms with Crippen LogP contribution in [0.5, 0.6) is 0 Å². The summed E-state index contributed by atoms with van der Waals surface area (Å²) < 4.78 is 11.0. The van der Waals surface area contributed by atoms with E-state index in [1.165, 1.54) is 0 Å². The highest BCUT2D eigenvalue weighted by Crippen LogP contribution is 2.28. The van der Waals surface area contributed by atoms with Crippen molar-refractivity contribution in [3.05, 3.63) is 87.8 Å². The Labute approximate surface area is 163 Å². The molecule has 27 heavy (non-hydrogen) atoms. The molecule has 0 bridgehead atoms. The third-order valence-electron chi connectivity index (χ3n) is 4.09. The van der Waals surface area contributed by atoms with Gasteiger partial charge in [0.25, 0.3) is 0 Å². The molecule has 2 aromatic carbocycles. The number of ether oxygens (including phenoxy) is 1. The van der Waals surface area contributed by atoms with Crippen LogP contribution < -0.4 is 0 Å². The molecule has 1 atom stereocenters. The van der Waals surface area contributed by atoms with Gasteiger partial charge in [0.05, 0.1) is 17.6 Å². The fourth-order valence-corrected chi connectivity index (χ4v) is 2.82. The van der Waals surface area contributed by atoms with E-state index in [0.29, 0.717) is 10.8 Å². The van der Waals surface area contributed by atoms with Crippen molar-refractivity contribution < 1.29 is 9.26 Å². The van der Waals surface area contributed by atoms with Crippen LogP contribution in [0, 0.1) is 6.92 Å². The van der Waals surface area contributed by atoms with E-state index in [0.717, 1.165) is 28.1 Å². The van der Waals surface area contributed by atoms with Gasteiger partial charge < -0.3 is 9.26 Å².